The molecule has 0 amide bonds. The second-order valence-electron chi connectivity index (χ2n) is 10.7. The molecule has 0 saturated carbocycles. The van der Waals surface area contributed by atoms with Crippen LogP contribution in [0.5, 0.6) is 0 Å². The molecule has 2 aliphatic heterocycles. The van der Waals surface area contributed by atoms with Gasteiger partial charge in [-0.25, -0.2) is 9.67 Å². The zero-order valence-corrected chi connectivity index (χ0v) is 24.0. The number of aliphatic hydroxyl groups excluding tert-OH is 1. The molecule has 42 heavy (non-hydrogen) atoms. The van der Waals surface area contributed by atoms with E-state index in [1.807, 2.05) is 48.8 Å². The number of β-amino-alcohol motifs (C(OH)–C–C–N with tert-alkyl or cyclic N) is 1. The number of nitrogens with zero attached hydrogens (tertiary/aromatic N) is 6. The summed E-state index contributed by atoms with van der Waals surface area (Å²) < 4.78 is 14.1. The van der Waals surface area contributed by atoms with Gasteiger partial charge in [0.2, 0.25) is 11.4 Å². The van der Waals surface area contributed by atoms with Crippen molar-refractivity contribution in [2.24, 2.45) is 0 Å². The van der Waals surface area contributed by atoms with Gasteiger partial charge in [0, 0.05) is 79.4 Å². The number of aryl methyl sites for hydroxylation is 1. The van der Waals surface area contributed by atoms with Crippen molar-refractivity contribution in [1.82, 2.24) is 24.6 Å². The minimum Gasteiger partial charge on any atom is -0.439 e. The average molecular weight is 586 g/mol. The van der Waals surface area contributed by atoms with Crippen molar-refractivity contribution in [3.05, 3.63) is 75.7 Å². The van der Waals surface area contributed by atoms with Crippen LogP contribution in [0.2, 0.25) is 0 Å². The first-order valence-corrected chi connectivity index (χ1v) is 14.9. The van der Waals surface area contributed by atoms with E-state index in [4.69, 9.17) is 9.15 Å². The van der Waals surface area contributed by atoms with E-state index < -0.39 is 0 Å². The Morgan fingerprint density at radius 1 is 1.14 bits per heavy atom. The zero-order valence-electron chi connectivity index (χ0n) is 23.2. The van der Waals surface area contributed by atoms with Crippen molar-refractivity contribution in [1.29, 1.82) is 0 Å². The molecule has 4 aromatic heterocycles. The van der Waals surface area contributed by atoms with E-state index in [0.717, 1.165) is 47.6 Å². The van der Waals surface area contributed by atoms with Crippen LogP contribution in [0.1, 0.15) is 17.7 Å². The summed E-state index contributed by atoms with van der Waals surface area (Å²) in [4.78, 5) is 26.2. The van der Waals surface area contributed by atoms with Crippen LogP contribution in [0.4, 0.5) is 17.5 Å². The number of morpholine rings is 1. The molecule has 1 atom stereocenters. The number of fused-ring (bicyclic) bond motifs is 1. The number of rotatable bonds is 7. The van der Waals surface area contributed by atoms with Crippen molar-refractivity contribution in [2.75, 3.05) is 49.6 Å². The maximum absolute atomic E-state index is 12.8. The molecule has 2 fully saturated rings. The predicted octanol–water partition coefficient (Wildman–Crippen LogP) is 3.95. The summed E-state index contributed by atoms with van der Waals surface area (Å²) >= 11 is 1.40. The van der Waals surface area contributed by atoms with Crippen molar-refractivity contribution < 1.29 is 14.3 Å². The van der Waals surface area contributed by atoms with Gasteiger partial charge in [-0.3, -0.25) is 9.69 Å². The minimum atomic E-state index is -0.247. The van der Waals surface area contributed by atoms with Crippen molar-refractivity contribution in [2.45, 2.75) is 26.0 Å². The first-order valence-electron chi connectivity index (χ1n) is 14.0. The van der Waals surface area contributed by atoms with E-state index >= 15 is 0 Å². The van der Waals surface area contributed by atoms with Crippen LogP contribution in [-0.2, 0) is 11.3 Å². The third kappa shape index (κ3) is 5.41. The van der Waals surface area contributed by atoms with Gasteiger partial charge < -0.3 is 24.5 Å². The Balaban J connectivity index is 1.08. The smallest absolute Gasteiger partial charge is 0.229 e. The molecule has 0 bridgehead atoms. The largest absolute Gasteiger partial charge is 0.439 e. The predicted molar refractivity (Wildman–Crippen MR) is 162 cm³/mol. The van der Waals surface area contributed by atoms with Gasteiger partial charge in [0.15, 0.2) is 17.3 Å². The molecule has 0 aliphatic carbocycles. The van der Waals surface area contributed by atoms with Gasteiger partial charge in [0.25, 0.3) is 0 Å². The maximum Gasteiger partial charge on any atom is 0.229 e. The van der Waals surface area contributed by atoms with E-state index in [1.54, 1.807) is 16.9 Å². The number of aromatic nitrogens is 4. The summed E-state index contributed by atoms with van der Waals surface area (Å²) in [6.07, 6.45) is 4.27. The fourth-order valence-electron chi connectivity index (χ4n) is 5.43. The molecule has 216 valence electrons. The molecular formula is C30H31N7O4S. The summed E-state index contributed by atoms with van der Waals surface area (Å²) in [6, 6.07) is 11.3. The quantitative estimate of drug-likeness (QED) is 0.290. The molecule has 11 nitrogen and oxygen atoms in total. The van der Waals surface area contributed by atoms with Crippen molar-refractivity contribution in [3.63, 3.8) is 0 Å². The summed E-state index contributed by atoms with van der Waals surface area (Å²) in [6.45, 7) is 6.95. The third-order valence-corrected chi connectivity index (χ3v) is 8.70. The molecule has 2 saturated heterocycles. The molecule has 7 rings (SSSR count). The van der Waals surface area contributed by atoms with Crippen LogP contribution < -0.4 is 15.6 Å². The molecule has 5 aromatic rings. The number of likely N-dealkylation sites (tertiary alicyclic amines) is 1. The molecule has 1 unspecified atom stereocenters. The van der Waals surface area contributed by atoms with E-state index in [-0.39, 0.29) is 11.5 Å². The molecular weight excluding hydrogens is 554 g/mol. The molecule has 2 N–H and O–H groups in total. The monoisotopic (exact) mass is 585 g/mol. The Morgan fingerprint density at radius 2 is 1.98 bits per heavy atom. The van der Waals surface area contributed by atoms with Gasteiger partial charge in [0.05, 0.1) is 25.0 Å². The third-order valence-electron chi connectivity index (χ3n) is 7.72. The van der Waals surface area contributed by atoms with E-state index in [1.165, 1.54) is 11.3 Å². The van der Waals surface area contributed by atoms with Gasteiger partial charge in [0.1, 0.15) is 4.70 Å². The lowest BCUT2D eigenvalue weighted by Gasteiger charge is -2.27. The van der Waals surface area contributed by atoms with Crippen LogP contribution in [-0.4, -0.2) is 75.3 Å². The normalized spacial score (nSPS) is 17.8. The molecule has 6 heterocycles. The summed E-state index contributed by atoms with van der Waals surface area (Å²) in [5.41, 5.74) is 5.31. The van der Waals surface area contributed by atoms with Gasteiger partial charge in [-0.05, 0) is 31.0 Å². The highest BCUT2D eigenvalue weighted by Crippen LogP contribution is 2.35. The number of ether oxygens (including phenoxy) is 1. The SMILES string of the molecule is Cc1nn(-c2ccnc(Nc3ccc(-c4csc5c(=O)cc(N6CCOCC6)oc45)cc3)n2)cc1CN1CCC(O)C1. The highest BCUT2D eigenvalue weighted by Gasteiger charge is 2.22. The van der Waals surface area contributed by atoms with Crippen LogP contribution >= 0.6 is 11.3 Å². The van der Waals surface area contributed by atoms with Gasteiger partial charge in [-0.1, -0.05) is 12.1 Å². The fraction of sp³-hybridized carbons (Fsp3) is 0.333. The number of aliphatic hydroxyl groups is 1. The highest BCUT2D eigenvalue weighted by molar-refractivity contribution is 7.17. The second kappa shape index (κ2) is 11.3. The lowest BCUT2D eigenvalue weighted by Crippen LogP contribution is -2.36. The summed E-state index contributed by atoms with van der Waals surface area (Å²) in [7, 11) is 0. The number of hydrogen-bond acceptors (Lipinski definition) is 11. The number of nitrogens with one attached hydrogen (secondary N) is 1. The van der Waals surface area contributed by atoms with E-state index in [9.17, 15) is 9.90 Å². The first-order chi connectivity index (χ1) is 20.5. The zero-order chi connectivity index (χ0) is 28.6. The highest BCUT2D eigenvalue weighted by atomic mass is 32.1. The van der Waals surface area contributed by atoms with Crippen LogP contribution in [0.3, 0.4) is 0 Å². The van der Waals surface area contributed by atoms with Crippen LogP contribution in [0.15, 0.2) is 63.4 Å². The molecule has 2 aliphatic rings. The molecule has 0 spiro atoms. The number of hydrogen-bond donors (Lipinski definition) is 2. The van der Waals surface area contributed by atoms with Crippen LogP contribution in [0.25, 0.3) is 27.2 Å². The lowest BCUT2D eigenvalue weighted by molar-refractivity contribution is 0.121. The number of thiophene rings is 1. The van der Waals surface area contributed by atoms with Crippen molar-refractivity contribution in [3.8, 4) is 16.9 Å². The number of benzene rings is 1. The summed E-state index contributed by atoms with van der Waals surface area (Å²) in [5.74, 6) is 1.70. The van der Waals surface area contributed by atoms with Gasteiger partial charge in [-0.2, -0.15) is 10.1 Å². The lowest BCUT2D eigenvalue weighted by atomic mass is 10.1. The fourth-order valence-corrected chi connectivity index (χ4v) is 6.35. The molecule has 12 heteroatoms. The molecule has 1 aromatic carbocycles. The Labute approximate surface area is 246 Å². The Morgan fingerprint density at radius 3 is 2.76 bits per heavy atom. The average Bonchev–Trinajstić information content (AvgIpc) is 3.73. The summed E-state index contributed by atoms with van der Waals surface area (Å²) in [5, 5.41) is 19.8. The van der Waals surface area contributed by atoms with Crippen molar-refractivity contribution >= 4 is 39.1 Å². The second-order valence-corrected chi connectivity index (χ2v) is 11.5. The number of anilines is 3. The topological polar surface area (TPSA) is 122 Å². The standard InChI is InChI=1S/C30H31N7O4S/c1-19-21(15-35-9-7-23(38)17-35)16-37(34-19)26-6-8-31-30(33-26)32-22-4-2-20(3-5-22)24-18-42-29-25(39)14-27(41-28(24)29)36-10-12-40-13-11-36/h2-6,8,14,16,18,23,38H,7,9-13,15,17H2,1H3,(H,31,32,33). The van der Waals surface area contributed by atoms with Gasteiger partial charge in [-0.15, -0.1) is 11.3 Å². The van der Waals surface area contributed by atoms with E-state index in [2.05, 4.69) is 30.2 Å². The Bertz CT molecular complexity index is 1770. The van der Waals surface area contributed by atoms with E-state index in [0.29, 0.717) is 60.8 Å². The van der Waals surface area contributed by atoms with Crippen LogP contribution in [0, 0.1) is 6.92 Å². The Kier molecular flexibility index (Phi) is 7.20. The van der Waals surface area contributed by atoms with Gasteiger partial charge >= 0.3 is 0 Å². The first kappa shape index (κ1) is 26.8. The Hall–Kier alpha value is -4.10. The maximum atomic E-state index is 12.8. The molecule has 0 radical (unpaired) electrons. The minimum absolute atomic E-state index is 0.0290.